The summed E-state index contributed by atoms with van der Waals surface area (Å²) in [7, 11) is 5.15. The number of amides is 2. The SMILES string of the molecule is CCCCOC(=O)C(C)(C)CC(C)(CC(C)(CC(C)(C#N)CCC(=O)NCCOCCC(=O)CCCCCCO[C@@H]1O[C@H](CO)[C@H](O)[C@H](O)[C@H]1NC(C)=O)C(=O)OCCOC)C(=O)OCCN(C)C. The van der Waals surface area contributed by atoms with Crippen LogP contribution in [0.15, 0.2) is 0 Å². The molecular weight excluding hydrogens is 901 g/mol. The Bertz CT molecular complexity index is 1630. The van der Waals surface area contributed by atoms with Crippen LogP contribution in [0.25, 0.3) is 0 Å². The largest absolute Gasteiger partial charge is 0.465 e. The normalized spacial score (nSPS) is 20.9. The van der Waals surface area contributed by atoms with Gasteiger partial charge in [0.25, 0.3) is 0 Å². The molecule has 0 aromatic rings. The van der Waals surface area contributed by atoms with E-state index in [1.807, 2.05) is 25.9 Å². The number of carbonyl (C=O) groups excluding carboxylic acids is 6. The molecule has 1 rings (SSSR count). The van der Waals surface area contributed by atoms with Crippen LogP contribution in [0, 0.1) is 33.0 Å². The first-order valence-corrected chi connectivity index (χ1v) is 24.4. The van der Waals surface area contributed by atoms with Gasteiger partial charge in [-0.2, -0.15) is 5.26 Å². The zero-order valence-corrected chi connectivity index (χ0v) is 43.2. The van der Waals surface area contributed by atoms with Gasteiger partial charge in [0, 0.05) is 53.0 Å². The summed E-state index contributed by atoms with van der Waals surface area (Å²) < 4.78 is 38.9. The number of esters is 3. The number of rotatable bonds is 37. The molecular formula is C49H86N4O16. The van der Waals surface area contributed by atoms with Gasteiger partial charge >= 0.3 is 17.9 Å². The van der Waals surface area contributed by atoms with Crippen LogP contribution in [0.3, 0.4) is 0 Å². The third kappa shape index (κ3) is 23.8. The Morgan fingerprint density at radius 3 is 1.99 bits per heavy atom. The van der Waals surface area contributed by atoms with Gasteiger partial charge in [0.1, 0.15) is 43.4 Å². The van der Waals surface area contributed by atoms with Crippen molar-refractivity contribution >= 4 is 35.5 Å². The molecule has 5 N–H and O–H groups in total. The van der Waals surface area contributed by atoms with Crippen LogP contribution in [0.5, 0.6) is 0 Å². The van der Waals surface area contributed by atoms with Crippen molar-refractivity contribution in [3.05, 3.63) is 0 Å². The molecule has 398 valence electrons. The van der Waals surface area contributed by atoms with Gasteiger partial charge in [0.05, 0.1) is 60.8 Å². The lowest BCUT2D eigenvalue weighted by molar-refractivity contribution is -0.270. The average molecular weight is 987 g/mol. The molecule has 0 saturated carbocycles. The highest BCUT2D eigenvalue weighted by molar-refractivity contribution is 5.83. The number of nitriles is 1. The molecule has 1 saturated heterocycles. The molecule has 0 spiro atoms. The van der Waals surface area contributed by atoms with Gasteiger partial charge in [-0.1, -0.05) is 26.2 Å². The summed E-state index contributed by atoms with van der Waals surface area (Å²) in [5.41, 5.74) is -5.25. The number of aliphatic hydroxyl groups excluding tert-OH is 3. The predicted octanol–water partition coefficient (Wildman–Crippen LogP) is 3.15. The number of nitrogens with zero attached hydrogens (tertiary/aromatic N) is 2. The van der Waals surface area contributed by atoms with Gasteiger partial charge in [-0.25, -0.2) is 0 Å². The first-order valence-electron chi connectivity index (χ1n) is 24.4. The monoisotopic (exact) mass is 987 g/mol. The molecule has 0 radical (unpaired) electrons. The van der Waals surface area contributed by atoms with Crippen molar-refractivity contribution in [2.45, 2.75) is 163 Å². The number of hydrogen-bond acceptors (Lipinski definition) is 18. The minimum Gasteiger partial charge on any atom is -0.465 e. The summed E-state index contributed by atoms with van der Waals surface area (Å²) in [6.45, 7) is 12.6. The number of nitrogens with one attached hydrogen (secondary N) is 2. The maximum atomic E-state index is 14.1. The van der Waals surface area contributed by atoms with Crippen LogP contribution in [-0.2, 0) is 61.9 Å². The Balaban J connectivity index is 2.75. The Labute approximate surface area is 410 Å². The second-order valence-corrected chi connectivity index (χ2v) is 20.0. The Kier molecular flexibility index (Phi) is 29.5. The van der Waals surface area contributed by atoms with Crippen LogP contribution < -0.4 is 10.6 Å². The molecule has 0 bridgehead atoms. The number of hydrogen-bond donors (Lipinski definition) is 5. The molecule has 1 fully saturated rings. The van der Waals surface area contributed by atoms with E-state index in [-0.39, 0.29) is 103 Å². The molecule has 3 unspecified atom stereocenters. The summed E-state index contributed by atoms with van der Waals surface area (Å²) in [4.78, 5) is 80.3. The van der Waals surface area contributed by atoms with E-state index in [0.29, 0.717) is 32.2 Å². The zero-order valence-electron chi connectivity index (χ0n) is 43.2. The number of Topliss-reactive ketones (excluding diaryl/α,β-unsaturated/α-hetero) is 1. The van der Waals surface area contributed by atoms with Crippen molar-refractivity contribution in [2.24, 2.45) is 21.7 Å². The van der Waals surface area contributed by atoms with Crippen molar-refractivity contribution in [2.75, 3.05) is 87.1 Å². The lowest BCUT2D eigenvalue weighted by atomic mass is 9.61. The maximum absolute atomic E-state index is 14.1. The molecule has 8 atom stereocenters. The van der Waals surface area contributed by atoms with Gasteiger partial charge in [-0.05, 0) is 93.7 Å². The zero-order chi connectivity index (χ0) is 52.3. The number of aliphatic hydroxyl groups is 3. The fourth-order valence-corrected chi connectivity index (χ4v) is 8.50. The van der Waals surface area contributed by atoms with Gasteiger partial charge < -0.3 is 64.0 Å². The number of likely N-dealkylation sites (N-methyl/N-ethyl adjacent to an activating group) is 1. The standard InChI is InChI=1S/C49H86N4O16/c1-11-12-23-66-43(60)46(3,4)31-48(6,44(61)67-27-22-53(8)9)33-49(7,45(62)68-29-28-63-10)32-47(5,34-50)20-18-38(57)51-21-26-64-25-19-36(56)17-15-13-14-16-24-65-42-39(52-35(2)55)41(59)40(58)37(30-54)69-42/h37,39-42,54,58-59H,11-33H2,1-10H3,(H,51,57)(H,52,55)/t37-,39-,40+,41-,42-,47?,48?,49?/m1/s1. The number of unbranched alkanes of at least 4 members (excludes halogenated alkanes) is 4. The van der Waals surface area contributed by atoms with E-state index in [2.05, 4.69) is 16.7 Å². The van der Waals surface area contributed by atoms with Crippen LogP contribution in [0.1, 0.15) is 132 Å². The first kappa shape index (κ1) is 63.2. The second-order valence-electron chi connectivity index (χ2n) is 20.0. The van der Waals surface area contributed by atoms with Crippen LogP contribution in [0.2, 0.25) is 0 Å². The molecule has 1 aliphatic heterocycles. The Hall–Kier alpha value is -3.81. The third-order valence-electron chi connectivity index (χ3n) is 12.1. The van der Waals surface area contributed by atoms with E-state index in [1.54, 1.807) is 34.6 Å². The summed E-state index contributed by atoms with van der Waals surface area (Å²) >= 11 is 0. The van der Waals surface area contributed by atoms with E-state index < -0.39 is 82.7 Å². The lowest BCUT2D eigenvalue weighted by Crippen LogP contribution is -2.64. The summed E-state index contributed by atoms with van der Waals surface area (Å²) in [6, 6.07) is 1.30. The number of ketones is 1. The van der Waals surface area contributed by atoms with Crippen LogP contribution in [-0.4, -0.2) is 174 Å². The van der Waals surface area contributed by atoms with E-state index in [4.69, 9.17) is 33.2 Å². The molecule has 1 heterocycles. The second kappa shape index (κ2) is 32.2. The first-order chi connectivity index (χ1) is 32.4. The summed E-state index contributed by atoms with van der Waals surface area (Å²) in [5, 5.41) is 45.8. The fourth-order valence-electron chi connectivity index (χ4n) is 8.50. The quantitative estimate of drug-likeness (QED) is 0.0340. The molecule has 0 aromatic carbocycles. The van der Waals surface area contributed by atoms with E-state index in [1.165, 1.54) is 14.0 Å². The molecule has 69 heavy (non-hydrogen) atoms. The smallest absolute Gasteiger partial charge is 0.311 e. The molecule has 0 aliphatic carbocycles. The minimum absolute atomic E-state index is 0.0242. The van der Waals surface area contributed by atoms with Crippen molar-refractivity contribution in [3.8, 4) is 6.07 Å². The predicted molar refractivity (Wildman–Crippen MR) is 253 cm³/mol. The fraction of sp³-hybridized carbons (Fsp3) is 0.857. The van der Waals surface area contributed by atoms with Crippen molar-refractivity contribution in [3.63, 3.8) is 0 Å². The van der Waals surface area contributed by atoms with Crippen molar-refractivity contribution in [1.29, 1.82) is 5.26 Å². The van der Waals surface area contributed by atoms with Gasteiger partial charge in [-0.3, -0.25) is 28.8 Å². The van der Waals surface area contributed by atoms with Gasteiger partial charge in [0.2, 0.25) is 11.8 Å². The Morgan fingerprint density at radius 1 is 0.739 bits per heavy atom. The highest BCUT2D eigenvalue weighted by atomic mass is 16.7. The Morgan fingerprint density at radius 2 is 1.38 bits per heavy atom. The molecule has 1 aliphatic rings. The van der Waals surface area contributed by atoms with Crippen molar-refractivity contribution < 1.29 is 77.2 Å². The number of ether oxygens (including phenoxy) is 7. The van der Waals surface area contributed by atoms with Gasteiger partial charge in [0.15, 0.2) is 6.29 Å². The number of carbonyl (C=O) groups is 6. The van der Waals surface area contributed by atoms with E-state index >= 15 is 0 Å². The summed E-state index contributed by atoms with van der Waals surface area (Å²) in [6.07, 6.45) is -0.222. The topological polar surface area (TPSA) is 279 Å². The highest BCUT2D eigenvalue weighted by Crippen LogP contribution is 2.49. The number of methoxy groups -OCH3 is 1. The highest BCUT2D eigenvalue weighted by Gasteiger charge is 2.53. The minimum atomic E-state index is -1.46. The lowest BCUT2D eigenvalue weighted by Gasteiger charge is -2.42. The molecule has 20 nitrogen and oxygen atoms in total. The molecule has 2 amide bonds. The molecule has 0 aromatic heterocycles. The average Bonchev–Trinajstić information content (AvgIpc) is 3.28. The maximum Gasteiger partial charge on any atom is 0.311 e. The summed E-state index contributed by atoms with van der Waals surface area (Å²) in [5.74, 6) is -2.49. The van der Waals surface area contributed by atoms with E-state index in [9.17, 15) is 49.3 Å². The third-order valence-corrected chi connectivity index (χ3v) is 12.1. The van der Waals surface area contributed by atoms with Crippen LogP contribution in [0.4, 0.5) is 0 Å². The van der Waals surface area contributed by atoms with E-state index in [0.717, 1.165) is 19.3 Å². The van der Waals surface area contributed by atoms with Gasteiger partial charge in [-0.15, -0.1) is 0 Å². The van der Waals surface area contributed by atoms with Crippen molar-refractivity contribution in [1.82, 2.24) is 15.5 Å². The molecule has 20 heteroatoms. The van der Waals surface area contributed by atoms with Crippen LogP contribution >= 0.6 is 0 Å².